The van der Waals surface area contributed by atoms with Crippen molar-refractivity contribution in [2.24, 2.45) is 5.92 Å². The standard InChI is InChI=1S/C22H21F3N4O2/c1-31-16-10-8-15(9-11-16)26-21(30)14-5-4-12-29(13-14)20-19(22(23,24)25)27-17-6-2-3-7-18(17)28-20/h2-3,6-11,14H,4-5,12-13H2,1H3,(H,26,30). The molecule has 2 aromatic carbocycles. The maximum atomic E-state index is 13.7. The van der Waals surface area contributed by atoms with Gasteiger partial charge in [-0.1, -0.05) is 12.1 Å². The van der Waals surface area contributed by atoms with Crippen molar-refractivity contribution in [1.29, 1.82) is 0 Å². The largest absolute Gasteiger partial charge is 0.497 e. The van der Waals surface area contributed by atoms with Gasteiger partial charge in [0.2, 0.25) is 5.91 Å². The van der Waals surface area contributed by atoms with Gasteiger partial charge in [0, 0.05) is 18.8 Å². The van der Waals surface area contributed by atoms with Gasteiger partial charge in [-0.3, -0.25) is 4.79 Å². The van der Waals surface area contributed by atoms with E-state index in [1.54, 1.807) is 49.6 Å². The molecule has 0 radical (unpaired) electrons. The summed E-state index contributed by atoms with van der Waals surface area (Å²) in [6.07, 6.45) is -3.49. The summed E-state index contributed by atoms with van der Waals surface area (Å²) in [5.41, 5.74) is 0.145. The number of nitrogens with zero attached hydrogens (tertiary/aromatic N) is 3. The van der Waals surface area contributed by atoms with Crippen molar-refractivity contribution >= 4 is 28.4 Å². The maximum Gasteiger partial charge on any atom is 0.437 e. The third-order valence-electron chi connectivity index (χ3n) is 5.27. The van der Waals surface area contributed by atoms with Crippen LogP contribution >= 0.6 is 0 Å². The van der Waals surface area contributed by atoms with Crippen LogP contribution in [0, 0.1) is 5.92 Å². The lowest BCUT2D eigenvalue weighted by atomic mass is 9.96. The number of hydrogen-bond donors (Lipinski definition) is 1. The number of carbonyl (C=O) groups is 1. The highest BCUT2D eigenvalue weighted by atomic mass is 19.4. The summed E-state index contributed by atoms with van der Waals surface area (Å²) in [6, 6.07) is 13.3. The maximum absolute atomic E-state index is 13.7. The van der Waals surface area contributed by atoms with Gasteiger partial charge >= 0.3 is 6.18 Å². The summed E-state index contributed by atoms with van der Waals surface area (Å²) >= 11 is 0. The molecule has 1 fully saturated rings. The minimum Gasteiger partial charge on any atom is -0.497 e. The average molecular weight is 430 g/mol. The van der Waals surface area contributed by atoms with Crippen molar-refractivity contribution in [2.45, 2.75) is 19.0 Å². The first-order chi connectivity index (χ1) is 14.8. The molecule has 0 saturated carbocycles. The Labute approximate surface area is 177 Å². The third kappa shape index (κ3) is 4.55. The van der Waals surface area contributed by atoms with Gasteiger partial charge in [0.15, 0.2) is 11.5 Å². The molecule has 3 aromatic rings. The molecule has 31 heavy (non-hydrogen) atoms. The van der Waals surface area contributed by atoms with E-state index in [9.17, 15) is 18.0 Å². The van der Waals surface area contributed by atoms with Gasteiger partial charge < -0.3 is 15.0 Å². The van der Waals surface area contributed by atoms with Crippen LogP contribution in [-0.2, 0) is 11.0 Å². The van der Waals surface area contributed by atoms with E-state index in [0.717, 1.165) is 0 Å². The van der Waals surface area contributed by atoms with Crippen molar-refractivity contribution in [2.75, 3.05) is 30.4 Å². The number of nitrogens with one attached hydrogen (secondary N) is 1. The molecule has 1 N–H and O–H groups in total. The number of hydrogen-bond acceptors (Lipinski definition) is 5. The molecule has 1 amide bonds. The van der Waals surface area contributed by atoms with Crippen molar-refractivity contribution in [3.63, 3.8) is 0 Å². The fourth-order valence-corrected chi connectivity index (χ4v) is 3.70. The highest BCUT2D eigenvalue weighted by Gasteiger charge is 2.40. The van der Waals surface area contributed by atoms with Crippen LogP contribution in [0.3, 0.4) is 0 Å². The van der Waals surface area contributed by atoms with Crippen LogP contribution in [0.1, 0.15) is 18.5 Å². The first-order valence-electron chi connectivity index (χ1n) is 9.89. The van der Waals surface area contributed by atoms with Crippen molar-refractivity contribution in [3.8, 4) is 5.75 Å². The fourth-order valence-electron chi connectivity index (χ4n) is 3.70. The number of halogens is 3. The molecule has 1 aliphatic heterocycles. The van der Waals surface area contributed by atoms with Crippen LogP contribution in [0.5, 0.6) is 5.75 Å². The number of ether oxygens (including phenoxy) is 1. The number of amides is 1. The zero-order valence-corrected chi connectivity index (χ0v) is 16.8. The van der Waals surface area contributed by atoms with E-state index in [0.29, 0.717) is 36.3 Å². The molecule has 162 valence electrons. The van der Waals surface area contributed by atoms with E-state index in [4.69, 9.17) is 4.74 Å². The van der Waals surface area contributed by atoms with Crippen molar-refractivity contribution in [1.82, 2.24) is 9.97 Å². The van der Waals surface area contributed by atoms with Crippen LogP contribution in [0.25, 0.3) is 11.0 Å². The number of anilines is 2. The lowest BCUT2D eigenvalue weighted by Gasteiger charge is -2.34. The Balaban J connectivity index is 1.57. The number of para-hydroxylation sites is 2. The molecule has 2 heterocycles. The van der Waals surface area contributed by atoms with E-state index in [1.807, 2.05) is 0 Å². The Morgan fingerprint density at radius 2 is 1.77 bits per heavy atom. The average Bonchev–Trinajstić information content (AvgIpc) is 2.78. The Kier molecular flexibility index (Phi) is 5.67. The summed E-state index contributed by atoms with van der Waals surface area (Å²) in [7, 11) is 1.55. The number of benzene rings is 2. The van der Waals surface area contributed by atoms with E-state index in [-0.39, 0.29) is 23.8 Å². The molecule has 9 heteroatoms. The lowest BCUT2D eigenvalue weighted by molar-refractivity contribution is -0.140. The number of fused-ring (bicyclic) bond motifs is 1. The normalized spacial score (nSPS) is 16.9. The van der Waals surface area contributed by atoms with Crippen LogP contribution in [0.15, 0.2) is 48.5 Å². The molecule has 1 atom stereocenters. The second kappa shape index (κ2) is 8.41. The minimum absolute atomic E-state index is 0.137. The predicted octanol–water partition coefficient (Wildman–Crippen LogP) is 4.51. The number of alkyl halides is 3. The van der Waals surface area contributed by atoms with Gasteiger partial charge in [0.25, 0.3) is 0 Å². The molecule has 1 unspecified atom stereocenters. The van der Waals surface area contributed by atoms with E-state index >= 15 is 0 Å². The van der Waals surface area contributed by atoms with Gasteiger partial charge in [0.05, 0.1) is 24.1 Å². The zero-order valence-electron chi connectivity index (χ0n) is 16.8. The van der Waals surface area contributed by atoms with Gasteiger partial charge in [-0.15, -0.1) is 0 Å². The molecular weight excluding hydrogens is 409 g/mol. The van der Waals surface area contributed by atoms with Gasteiger partial charge in [-0.25, -0.2) is 9.97 Å². The SMILES string of the molecule is COc1ccc(NC(=O)C2CCCN(c3nc4ccccc4nc3C(F)(F)F)C2)cc1. The van der Waals surface area contributed by atoms with Crippen LogP contribution in [0.4, 0.5) is 24.7 Å². The van der Waals surface area contributed by atoms with Gasteiger partial charge in [-0.05, 0) is 49.2 Å². The van der Waals surface area contributed by atoms with Crippen molar-refractivity contribution in [3.05, 3.63) is 54.2 Å². The lowest BCUT2D eigenvalue weighted by Crippen LogP contribution is -2.42. The highest BCUT2D eigenvalue weighted by Crippen LogP contribution is 2.36. The summed E-state index contributed by atoms with van der Waals surface area (Å²) < 4.78 is 46.3. The summed E-state index contributed by atoms with van der Waals surface area (Å²) in [6.45, 7) is 0.514. The molecule has 4 rings (SSSR count). The second-order valence-corrected chi connectivity index (χ2v) is 7.39. The zero-order chi connectivity index (χ0) is 22.0. The molecule has 1 aromatic heterocycles. The number of methoxy groups -OCH3 is 1. The fraction of sp³-hybridized carbons (Fsp3) is 0.318. The van der Waals surface area contributed by atoms with E-state index in [1.165, 1.54) is 11.0 Å². The van der Waals surface area contributed by atoms with Crippen molar-refractivity contribution < 1.29 is 22.7 Å². The number of rotatable bonds is 4. The summed E-state index contributed by atoms with van der Waals surface area (Å²) in [4.78, 5) is 22.4. The van der Waals surface area contributed by atoms with E-state index in [2.05, 4.69) is 15.3 Å². The first-order valence-corrected chi connectivity index (χ1v) is 9.89. The third-order valence-corrected chi connectivity index (χ3v) is 5.27. The minimum atomic E-state index is -4.65. The second-order valence-electron chi connectivity index (χ2n) is 7.39. The Hall–Kier alpha value is -3.36. The predicted molar refractivity (Wildman–Crippen MR) is 111 cm³/mol. The molecule has 0 bridgehead atoms. The molecule has 0 spiro atoms. The van der Waals surface area contributed by atoms with E-state index < -0.39 is 17.8 Å². The summed E-state index contributed by atoms with van der Waals surface area (Å²) in [5.74, 6) is -0.271. The smallest absolute Gasteiger partial charge is 0.437 e. The molecule has 0 aliphatic carbocycles. The number of piperidine rings is 1. The quantitative estimate of drug-likeness (QED) is 0.660. The monoisotopic (exact) mass is 430 g/mol. The Morgan fingerprint density at radius 3 is 2.42 bits per heavy atom. The highest BCUT2D eigenvalue weighted by molar-refractivity contribution is 5.93. The van der Waals surface area contributed by atoms with Crippen LogP contribution in [-0.4, -0.2) is 36.1 Å². The summed E-state index contributed by atoms with van der Waals surface area (Å²) in [5, 5.41) is 2.83. The Morgan fingerprint density at radius 1 is 1.10 bits per heavy atom. The first kappa shape index (κ1) is 20.9. The van der Waals surface area contributed by atoms with Gasteiger partial charge in [-0.2, -0.15) is 13.2 Å². The number of aromatic nitrogens is 2. The van der Waals surface area contributed by atoms with Crippen LogP contribution < -0.4 is 15.0 Å². The molecule has 1 aliphatic rings. The van der Waals surface area contributed by atoms with Crippen LogP contribution in [0.2, 0.25) is 0 Å². The number of carbonyl (C=O) groups excluding carboxylic acids is 1. The molecule has 1 saturated heterocycles. The van der Waals surface area contributed by atoms with Gasteiger partial charge in [0.1, 0.15) is 5.75 Å². The Bertz CT molecular complexity index is 1090. The molecular formula is C22H21F3N4O2. The topological polar surface area (TPSA) is 67.3 Å². The molecule has 6 nitrogen and oxygen atoms in total.